The van der Waals surface area contributed by atoms with E-state index in [0.717, 1.165) is 12.8 Å². The Morgan fingerprint density at radius 1 is 1.14 bits per heavy atom. The van der Waals surface area contributed by atoms with Crippen molar-refractivity contribution in [1.82, 2.24) is 10.2 Å². The van der Waals surface area contributed by atoms with Crippen molar-refractivity contribution in [2.45, 2.75) is 68.9 Å². The number of carbonyl (C=O) groups is 2. The van der Waals surface area contributed by atoms with E-state index in [2.05, 4.69) is 5.32 Å². The van der Waals surface area contributed by atoms with E-state index in [4.69, 9.17) is 9.84 Å². The summed E-state index contributed by atoms with van der Waals surface area (Å²) >= 11 is 0. The Bertz CT molecular complexity index is 416. The summed E-state index contributed by atoms with van der Waals surface area (Å²) in [5.41, 5.74) is 0. The van der Waals surface area contributed by atoms with Gasteiger partial charge in [0.25, 0.3) is 0 Å². The molecule has 4 atom stereocenters. The second-order valence-corrected chi connectivity index (χ2v) is 6.27. The normalized spacial score (nSPS) is 38.5. The van der Waals surface area contributed by atoms with E-state index in [9.17, 15) is 14.7 Å². The molecule has 0 aromatic carbocycles. The molecule has 2 bridgehead atoms. The first kappa shape index (κ1) is 14.6. The number of aliphatic hydroxyl groups excluding tert-OH is 1. The lowest BCUT2D eigenvalue weighted by atomic mass is 10.0. The third-order valence-corrected chi connectivity index (χ3v) is 4.81. The number of ether oxygens (including phenoxy) is 1. The van der Waals surface area contributed by atoms with Gasteiger partial charge in [0, 0.05) is 18.6 Å². The second-order valence-electron chi connectivity index (χ2n) is 6.27. The zero-order valence-corrected chi connectivity index (χ0v) is 11.9. The van der Waals surface area contributed by atoms with Gasteiger partial charge in [-0.05, 0) is 38.5 Å². The largest absolute Gasteiger partial charge is 0.479 e. The van der Waals surface area contributed by atoms with Crippen LogP contribution in [0.5, 0.6) is 0 Å². The predicted molar refractivity (Wildman–Crippen MR) is 72.8 cm³/mol. The minimum Gasteiger partial charge on any atom is -0.479 e. The highest BCUT2D eigenvalue weighted by Gasteiger charge is 2.43. The average Bonchev–Trinajstić information content (AvgIpc) is 3.00. The number of nitrogens with zero attached hydrogens (tertiary/aromatic N) is 1. The standard InChI is InChI=1S/C14H22N2O5/c17-10-5-8-1-2-9(6-10)16(8)14(20)15-7-11-3-4-12(21-11)13(18)19/h8-12,17H,1-7H2,(H,15,20)(H,18,19). The number of aliphatic hydroxyl groups is 1. The Morgan fingerprint density at radius 3 is 2.38 bits per heavy atom. The average molecular weight is 298 g/mol. The molecule has 118 valence electrons. The Morgan fingerprint density at radius 2 is 1.81 bits per heavy atom. The Kier molecular flexibility index (Phi) is 4.03. The van der Waals surface area contributed by atoms with Gasteiger partial charge >= 0.3 is 12.0 Å². The molecule has 0 spiro atoms. The number of carbonyl (C=O) groups excluding carboxylic acids is 1. The zero-order chi connectivity index (χ0) is 15.0. The van der Waals surface area contributed by atoms with Gasteiger partial charge in [-0.2, -0.15) is 0 Å². The maximum absolute atomic E-state index is 12.3. The summed E-state index contributed by atoms with van der Waals surface area (Å²) in [6.07, 6.45) is 3.12. The number of aliphatic carboxylic acids is 1. The molecule has 0 aromatic heterocycles. The molecule has 4 unspecified atom stereocenters. The van der Waals surface area contributed by atoms with Gasteiger partial charge in [0.2, 0.25) is 0 Å². The molecule has 3 aliphatic heterocycles. The molecular formula is C14H22N2O5. The first-order valence-electron chi connectivity index (χ1n) is 7.67. The van der Waals surface area contributed by atoms with Gasteiger partial charge in [-0.1, -0.05) is 0 Å². The Labute approximate surface area is 123 Å². The number of rotatable bonds is 3. The fourth-order valence-electron chi connectivity index (χ4n) is 3.81. The molecule has 21 heavy (non-hydrogen) atoms. The van der Waals surface area contributed by atoms with Gasteiger partial charge in [0.15, 0.2) is 6.10 Å². The molecule has 7 nitrogen and oxygen atoms in total. The molecule has 0 aromatic rings. The molecule has 3 saturated heterocycles. The summed E-state index contributed by atoms with van der Waals surface area (Å²) < 4.78 is 5.37. The van der Waals surface area contributed by atoms with Crippen LogP contribution in [0.4, 0.5) is 4.79 Å². The number of piperidine rings is 1. The lowest BCUT2D eigenvalue weighted by molar-refractivity contribution is -0.149. The molecule has 3 N–H and O–H groups in total. The minimum atomic E-state index is -0.938. The van der Waals surface area contributed by atoms with Crippen LogP contribution < -0.4 is 5.32 Å². The molecule has 0 saturated carbocycles. The maximum Gasteiger partial charge on any atom is 0.332 e. The van der Waals surface area contributed by atoms with Gasteiger partial charge in [0.05, 0.1) is 12.2 Å². The van der Waals surface area contributed by atoms with Crippen LogP contribution in [-0.2, 0) is 9.53 Å². The highest BCUT2D eigenvalue weighted by molar-refractivity contribution is 5.75. The van der Waals surface area contributed by atoms with Crippen LogP contribution in [0.15, 0.2) is 0 Å². The zero-order valence-electron chi connectivity index (χ0n) is 11.9. The maximum atomic E-state index is 12.3. The minimum absolute atomic E-state index is 0.114. The number of carboxylic acid groups (broad SMARTS) is 1. The van der Waals surface area contributed by atoms with Crippen LogP contribution in [0.3, 0.4) is 0 Å². The molecule has 3 fully saturated rings. The van der Waals surface area contributed by atoms with E-state index in [1.54, 1.807) is 0 Å². The topological polar surface area (TPSA) is 99.1 Å². The van der Waals surface area contributed by atoms with E-state index in [1.807, 2.05) is 4.90 Å². The van der Waals surface area contributed by atoms with Crippen molar-refractivity contribution in [3.63, 3.8) is 0 Å². The highest BCUT2D eigenvalue weighted by atomic mass is 16.5. The van der Waals surface area contributed by atoms with Crippen molar-refractivity contribution in [2.75, 3.05) is 6.54 Å². The SMILES string of the molecule is O=C(O)C1CCC(CNC(=O)N2C3CCC2CC(O)C3)O1. The predicted octanol–water partition coefficient (Wildman–Crippen LogP) is 0.316. The van der Waals surface area contributed by atoms with E-state index in [-0.39, 0.29) is 30.3 Å². The quantitative estimate of drug-likeness (QED) is 0.696. The third kappa shape index (κ3) is 2.98. The van der Waals surface area contributed by atoms with E-state index in [0.29, 0.717) is 32.2 Å². The number of carboxylic acids is 1. The van der Waals surface area contributed by atoms with Crippen molar-refractivity contribution in [3.05, 3.63) is 0 Å². The molecule has 3 heterocycles. The lowest BCUT2D eigenvalue weighted by Gasteiger charge is -2.37. The van der Waals surface area contributed by atoms with E-state index < -0.39 is 12.1 Å². The summed E-state index contributed by atoms with van der Waals surface area (Å²) in [4.78, 5) is 25.0. The van der Waals surface area contributed by atoms with Gasteiger partial charge in [-0.25, -0.2) is 9.59 Å². The third-order valence-electron chi connectivity index (χ3n) is 4.81. The summed E-state index contributed by atoms with van der Waals surface area (Å²) in [5.74, 6) is -0.938. The Balaban J connectivity index is 1.48. The summed E-state index contributed by atoms with van der Waals surface area (Å²) in [6.45, 7) is 0.348. The fourth-order valence-corrected chi connectivity index (χ4v) is 3.81. The van der Waals surface area contributed by atoms with Crippen LogP contribution in [0, 0.1) is 0 Å². The molecule has 2 amide bonds. The molecule has 0 radical (unpaired) electrons. The number of urea groups is 1. The summed E-state index contributed by atoms with van der Waals surface area (Å²) in [6, 6.07) is 0.154. The first-order chi connectivity index (χ1) is 10.0. The van der Waals surface area contributed by atoms with E-state index in [1.165, 1.54) is 0 Å². The lowest BCUT2D eigenvalue weighted by Crippen LogP contribution is -2.52. The summed E-state index contributed by atoms with van der Waals surface area (Å²) in [5, 5.41) is 21.5. The molecule has 0 aliphatic carbocycles. The van der Waals surface area contributed by atoms with Crippen molar-refractivity contribution >= 4 is 12.0 Å². The number of amides is 2. The molecule has 3 aliphatic rings. The number of hydrogen-bond acceptors (Lipinski definition) is 4. The van der Waals surface area contributed by atoms with E-state index >= 15 is 0 Å². The fraction of sp³-hybridized carbons (Fsp3) is 0.857. The van der Waals surface area contributed by atoms with Crippen molar-refractivity contribution in [1.29, 1.82) is 0 Å². The van der Waals surface area contributed by atoms with Crippen LogP contribution in [-0.4, -0.2) is 64.1 Å². The van der Waals surface area contributed by atoms with Gasteiger partial charge < -0.3 is 25.2 Å². The number of fused-ring (bicyclic) bond motifs is 2. The monoisotopic (exact) mass is 298 g/mol. The summed E-state index contributed by atoms with van der Waals surface area (Å²) in [7, 11) is 0. The number of nitrogens with one attached hydrogen (secondary N) is 1. The van der Waals surface area contributed by atoms with Crippen molar-refractivity contribution in [3.8, 4) is 0 Å². The highest BCUT2D eigenvalue weighted by Crippen LogP contribution is 2.35. The molecule has 3 rings (SSSR count). The van der Waals surface area contributed by atoms with Gasteiger partial charge in [-0.15, -0.1) is 0 Å². The smallest absolute Gasteiger partial charge is 0.332 e. The first-order valence-corrected chi connectivity index (χ1v) is 7.67. The van der Waals surface area contributed by atoms with Crippen LogP contribution in [0.1, 0.15) is 38.5 Å². The Hall–Kier alpha value is -1.34. The van der Waals surface area contributed by atoms with Crippen LogP contribution in [0.25, 0.3) is 0 Å². The van der Waals surface area contributed by atoms with Crippen molar-refractivity contribution < 1.29 is 24.5 Å². The molecule has 7 heteroatoms. The second kappa shape index (κ2) is 5.81. The van der Waals surface area contributed by atoms with Crippen LogP contribution in [0.2, 0.25) is 0 Å². The van der Waals surface area contributed by atoms with Gasteiger partial charge in [0.1, 0.15) is 0 Å². The van der Waals surface area contributed by atoms with Crippen molar-refractivity contribution in [2.24, 2.45) is 0 Å². The van der Waals surface area contributed by atoms with Gasteiger partial charge in [-0.3, -0.25) is 0 Å². The van der Waals surface area contributed by atoms with Crippen LogP contribution >= 0.6 is 0 Å². The molecular weight excluding hydrogens is 276 g/mol. The number of hydrogen-bond donors (Lipinski definition) is 3.